The van der Waals surface area contributed by atoms with Gasteiger partial charge in [0, 0.05) is 19.1 Å². The number of hydrogen-bond acceptors (Lipinski definition) is 2. The zero-order valence-corrected chi connectivity index (χ0v) is 10.8. The lowest BCUT2D eigenvalue weighted by molar-refractivity contribution is -0.142. The van der Waals surface area contributed by atoms with E-state index in [9.17, 15) is 9.59 Å². The van der Waals surface area contributed by atoms with Crippen molar-refractivity contribution in [2.45, 2.75) is 39.7 Å². The number of carbonyl (C=O) groups is 2. The number of carboxylic acids is 1. The maximum atomic E-state index is 11.8. The zero-order valence-electron chi connectivity index (χ0n) is 10.8. The van der Waals surface area contributed by atoms with Gasteiger partial charge in [0.25, 0.3) is 0 Å². The number of rotatable bonds is 6. The molecule has 1 atom stereocenters. The predicted molar refractivity (Wildman–Crippen MR) is 64.8 cm³/mol. The summed E-state index contributed by atoms with van der Waals surface area (Å²) in [6, 6.07) is 0.226. The molecule has 0 aromatic carbocycles. The van der Waals surface area contributed by atoms with Crippen molar-refractivity contribution in [3.63, 3.8) is 0 Å². The molecule has 0 aromatic heterocycles. The molecule has 0 saturated heterocycles. The van der Waals surface area contributed by atoms with Crippen LogP contribution in [0.3, 0.4) is 0 Å². The number of nitrogens with zero attached hydrogens (tertiary/aromatic N) is 1. The molecule has 1 aliphatic rings. The molecule has 0 aromatic rings. The molecule has 1 fully saturated rings. The zero-order chi connectivity index (χ0) is 13.0. The SMILES string of the molecule is CCN(C(=O)NCC(C(=O)O)C(C)C)C1CC1. The van der Waals surface area contributed by atoms with Crippen molar-refractivity contribution < 1.29 is 14.7 Å². The third-order valence-electron chi connectivity index (χ3n) is 3.18. The third-order valence-corrected chi connectivity index (χ3v) is 3.18. The number of carbonyl (C=O) groups excluding carboxylic acids is 1. The first-order chi connectivity index (χ1) is 7.97. The summed E-state index contributed by atoms with van der Waals surface area (Å²) >= 11 is 0. The summed E-state index contributed by atoms with van der Waals surface area (Å²) in [4.78, 5) is 24.6. The van der Waals surface area contributed by atoms with Gasteiger partial charge in [-0.1, -0.05) is 13.8 Å². The normalized spacial score (nSPS) is 16.7. The second-order valence-electron chi connectivity index (χ2n) is 4.89. The molecule has 2 N–H and O–H groups in total. The van der Waals surface area contributed by atoms with E-state index in [-0.39, 0.29) is 18.5 Å². The molecule has 5 nitrogen and oxygen atoms in total. The van der Waals surface area contributed by atoms with Crippen LogP contribution in [0, 0.1) is 11.8 Å². The quantitative estimate of drug-likeness (QED) is 0.742. The van der Waals surface area contributed by atoms with Crippen LogP contribution in [0.15, 0.2) is 0 Å². The van der Waals surface area contributed by atoms with Gasteiger partial charge in [-0.3, -0.25) is 4.79 Å². The molecule has 1 saturated carbocycles. The minimum atomic E-state index is -0.852. The minimum absolute atomic E-state index is 0.0174. The Hall–Kier alpha value is -1.26. The standard InChI is InChI=1S/C12H22N2O3/c1-4-14(9-5-6-9)12(17)13-7-10(8(2)3)11(15)16/h8-10H,4-7H2,1-3H3,(H,13,17)(H,15,16). The molecule has 1 rings (SSSR count). The van der Waals surface area contributed by atoms with Crippen molar-refractivity contribution in [1.82, 2.24) is 10.2 Å². The van der Waals surface area contributed by atoms with Gasteiger partial charge < -0.3 is 15.3 Å². The Morgan fingerprint density at radius 3 is 2.35 bits per heavy atom. The van der Waals surface area contributed by atoms with Gasteiger partial charge in [0.15, 0.2) is 0 Å². The summed E-state index contributed by atoms with van der Waals surface area (Å²) in [5.41, 5.74) is 0. The van der Waals surface area contributed by atoms with E-state index in [2.05, 4.69) is 5.32 Å². The Morgan fingerprint density at radius 2 is 2.00 bits per heavy atom. The summed E-state index contributed by atoms with van der Waals surface area (Å²) < 4.78 is 0. The molecular weight excluding hydrogens is 220 g/mol. The molecule has 1 unspecified atom stereocenters. The van der Waals surface area contributed by atoms with Crippen molar-refractivity contribution >= 4 is 12.0 Å². The lowest BCUT2D eigenvalue weighted by atomic mass is 9.96. The van der Waals surface area contributed by atoms with Crippen LogP contribution in [0.5, 0.6) is 0 Å². The van der Waals surface area contributed by atoms with Crippen LogP contribution in [0.1, 0.15) is 33.6 Å². The van der Waals surface area contributed by atoms with Gasteiger partial charge in [0.2, 0.25) is 0 Å². The van der Waals surface area contributed by atoms with E-state index in [0.717, 1.165) is 12.8 Å². The van der Waals surface area contributed by atoms with Crippen molar-refractivity contribution in [3.8, 4) is 0 Å². The lowest BCUT2D eigenvalue weighted by Gasteiger charge is -2.23. The molecule has 0 spiro atoms. The van der Waals surface area contributed by atoms with Gasteiger partial charge in [-0.25, -0.2) is 4.79 Å². The van der Waals surface area contributed by atoms with Crippen LogP contribution in [0.25, 0.3) is 0 Å². The van der Waals surface area contributed by atoms with E-state index in [1.54, 1.807) is 4.90 Å². The molecule has 0 aliphatic heterocycles. The Kier molecular flexibility index (Phi) is 4.78. The van der Waals surface area contributed by atoms with Gasteiger partial charge in [0.05, 0.1) is 5.92 Å². The number of amides is 2. The molecule has 5 heteroatoms. The fourth-order valence-corrected chi connectivity index (χ4v) is 1.86. The summed E-state index contributed by atoms with van der Waals surface area (Å²) in [5.74, 6) is -1.35. The topological polar surface area (TPSA) is 69.6 Å². The van der Waals surface area contributed by atoms with Crippen LogP contribution in [-0.4, -0.2) is 41.1 Å². The van der Waals surface area contributed by atoms with Crippen molar-refractivity contribution in [2.75, 3.05) is 13.1 Å². The van der Waals surface area contributed by atoms with Crippen LogP contribution in [0.2, 0.25) is 0 Å². The molecule has 17 heavy (non-hydrogen) atoms. The first-order valence-electron chi connectivity index (χ1n) is 6.24. The average Bonchev–Trinajstić information content (AvgIpc) is 3.02. The van der Waals surface area contributed by atoms with E-state index in [1.807, 2.05) is 20.8 Å². The average molecular weight is 242 g/mol. The van der Waals surface area contributed by atoms with Gasteiger partial charge in [-0.05, 0) is 25.7 Å². The number of nitrogens with one attached hydrogen (secondary N) is 1. The van der Waals surface area contributed by atoms with Gasteiger partial charge in [-0.15, -0.1) is 0 Å². The van der Waals surface area contributed by atoms with Crippen LogP contribution >= 0.6 is 0 Å². The second-order valence-corrected chi connectivity index (χ2v) is 4.89. The van der Waals surface area contributed by atoms with E-state index >= 15 is 0 Å². The summed E-state index contributed by atoms with van der Waals surface area (Å²) in [6.07, 6.45) is 2.13. The predicted octanol–water partition coefficient (Wildman–Crippen LogP) is 1.54. The Bertz CT molecular complexity index is 287. The number of hydrogen-bond donors (Lipinski definition) is 2. The highest BCUT2D eigenvalue weighted by Crippen LogP contribution is 2.26. The number of urea groups is 1. The highest BCUT2D eigenvalue weighted by Gasteiger charge is 2.32. The summed E-state index contributed by atoms with van der Waals surface area (Å²) in [7, 11) is 0. The Morgan fingerprint density at radius 1 is 1.41 bits per heavy atom. The highest BCUT2D eigenvalue weighted by atomic mass is 16.4. The maximum Gasteiger partial charge on any atom is 0.317 e. The minimum Gasteiger partial charge on any atom is -0.481 e. The molecule has 2 amide bonds. The first-order valence-corrected chi connectivity index (χ1v) is 6.24. The maximum absolute atomic E-state index is 11.8. The fourth-order valence-electron chi connectivity index (χ4n) is 1.86. The molecule has 0 heterocycles. The smallest absolute Gasteiger partial charge is 0.317 e. The Balaban J connectivity index is 2.42. The fraction of sp³-hybridized carbons (Fsp3) is 0.833. The van der Waals surface area contributed by atoms with Crippen molar-refractivity contribution in [3.05, 3.63) is 0 Å². The third kappa shape index (κ3) is 3.91. The van der Waals surface area contributed by atoms with Gasteiger partial charge >= 0.3 is 12.0 Å². The second kappa shape index (κ2) is 5.89. The molecule has 0 radical (unpaired) electrons. The van der Waals surface area contributed by atoms with Gasteiger partial charge in [-0.2, -0.15) is 0 Å². The lowest BCUT2D eigenvalue weighted by Crippen LogP contribution is -2.44. The first kappa shape index (κ1) is 13.8. The number of carboxylic acid groups (broad SMARTS) is 1. The van der Waals surface area contributed by atoms with Crippen LogP contribution < -0.4 is 5.32 Å². The van der Waals surface area contributed by atoms with Crippen molar-refractivity contribution in [2.24, 2.45) is 11.8 Å². The van der Waals surface area contributed by atoms with Crippen LogP contribution in [-0.2, 0) is 4.79 Å². The van der Waals surface area contributed by atoms with Crippen LogP contribution in [0.4, 0.5) is 4.79 Å². The molecule has 98 valence electrons. The summed E-state index contributed by atoms with van der Waals surface area (Å²) in [6.45, 7) is 6.52. The highest BCUT2D eigenvalue weighted by molar-refractivity contribution is 5.76. The molecule has 1 aliphatic carbocycles. The van der Waals surface area contributed by atoms with E-state index < -0.39 is 11.9 Å². The van der Waals surface area contributed by atoms with Gasteiger partial charge in [0.1, 0.15) is 0 Å². The number of aliphatic carboxylic acids is 1. The van der Waals surface area contributed by atoms with E-state index in [0.29, 0.717) is 12.6 Å². The van der Waals surface area contributed by atoms with E-state index in [1.165, 1.54) is 0 Å². The monoisotopic (exact) mass is 242 g/mol. The molecule has 0 bridgehead atoms. The Labute approximate surface area is 102 Å². The largest absolute Gasteiger partial charge is 0.481 e. The van der Waals surface area contributed by atoms with E-state index in [4.69, 9.17) is 5.11 Å². The molecular formula is C12H22N2O3. The summed E-state index contributed by atoms with van der Waals surface area (Å²) in [5, 5.41) is 11.7. The van der Waals surface area contributed by atoms with Crippen molar-refractivity contribution in [1.29, 1.82) is 0 Å².